The number of aromatic nitrogens is 4. The smallest absolute Gasteiger partial charge is 0.272 e. The van der Waals surface area contributed by atoms with E-state index in [2.05, 4.69) is 74.4 Å². The first-order chi connectivity index (χ1) is 16.7. The topological polar surface area (TPSA) is 87.0 Å². The fraction of sp³-hybridized carbons (Fsp3) is 0.519. The van der Waals surface area contributed by atoms with Gasteiger partial charge in [-0.25, -0.2) is 8.42 Å². The van der Waals surface area contributed by atoms with Gasteiger partial charge in [0.25, 0.3) is 5.16 Å². The van der Waals surface area contributed by atoms with E-state index in [1.165, 1.54) is 15.8 Å². The van der Waals surface area contributed by atoms with Gasteiger partial charge in [0.15, 0.2) is 0 Å². The molecule has 0 N–H and O–H groups in total. The predicted octanol–water partition coefficient (Wildman–Crippen LogP) is 4.97. The van der Waals surface area contributed by atoms with Crippen LogP contribution in [0.5, 0.6) is 0 Å². The van der Waals surface area contributed by atoms with Crippen LogP contribution in [0.4, 0.5) is 0 Å². The van der Waals surface area contributed by atoms with Crippen LogP contribution in [0.3, 0.4) is 0 Å². The van der Waals surface area contributed by atoms with Crippen LogP contribution in [0.1, 0.15) is 47.5 Å². The molecule has 2 aromatic rings. The van der Waals surface area contributed by atoms with Gasteiger partial charge in [-0.05, 0) is 84.1 Å². The Labute approximate surface area is 208 Å². The van der Waals surface area contributed by atoms with Gasteiger partial charge < -0.3 is 4.74 Å². The number of hydrogen-bond acceptors (Lipinski definition) is 6. The summed E-state index contributed by atoms with van der Waals surface area (Å²) in [5, 5.41) is 11.3. The molecular weight excluding hydrogens is 460 g/mol. The Morgan fingerprint density at radius 1 is 1.29 bits per heavy atom. The molecule has 1 fully saturated rings. The molecule has 35 heavy (non-hydrogen) atoms. The summed E-state index contributed by atoms with van der Waals surface area (Å²) in [5.41, 5.74) is 3.20. The molecule has 2 aliphatic rings. The van der Waals surface area contributed by atoms with E-state index in [0.717, 1.165) is 12.8 Å². The van der Waals surface area contributed by atoms with Crippen molar-refractivity contribution in [1.82, 2.24) is 20.2 Å². The first-order valence-corrected chi connectivity index (χ1v) is 14.1. The number of nitrogens with zero attached hydrogens (tertiary/aromatic N) is 4. The number of hydrogen-bond donors (Lipinski definition) is 0. The fourth-order valence-electron chi connectivity index (χ4n) is 4.97. The van der Waals surface area contributed by atoms with E-state index in [9.17, 15) is 8.42 Å². The Hall–Kier alpha value is -2.58. The monoisotopic (exact) mass is 496 g/mol. The lowest BCUT2D eigenvalue weighted by atomic mass is 9.96. The summed E-state index contributed by atoms with van der Waals surface area (Å²) in [5.74, 6) is 0.901. The Balaban J connectivity index is 1.37. The first-order valence-electron chi connectivity index (χ1n) is 12.5. The van der Waals surface area contributed by atoms with Gasteiger partial charge in [-0.1, -0.05) is 68.4 Å². The van der Waals surface area contributed by atoms with Gasteiger partial charge in [0.2, 0.25) is 9.84 Å². The second-order valence-corrected chi connectivity index (χ2v) is 11.9. The molecule has 0 spiro atoms. The number of benzene rings is 1. The number of allylic oxidation sites excluding steroid dienone is 3. The Morgan fingerprint density at radius 3 is 2.74 bits per heavy atom. The molecule has 1 aromatic heterocycles. The molecular formula is C27H36N4O3S. The molecule has 1 saturated carbocycles. The Bertz CT molecular complexity index is 1220. The van der Waals surface area contributed by atoms with Crippen LogP contribution >= 0.6 is 0 Å². The van der Waals surface area contributed by atoms with Gasteiger partial charge >= 0.3 is 0 Å². The summed E-state index contributed by atoms with van der Waals surface area (Å²) < 4.78 is 33.9. The highest BCUT2D eigenvalue weighted by Gasteiger charge is 2.48. The molecule has 0 amide bonds. The van der Waals surface area contributed by atoms with Gasteiger partial charge in [-0.3, -0.25) is 0 Å². The maximum absolute atomic E-state index is 13.1. The van der Waals surface area contributed by atoms with Crippen LogP contribution in [0.25, 0.3) is 5.69 Å². The average molecular weight is 497 g/mol. The summed E-state index contributed by atoms with van der Waals surface area (Å²) in [6.45, 7) is 10.7. The lowest BCUT2D eigenvalue weighted by molar-refractivity contribution is 0.0178. The van der Waals surface area contributed by atoms with Gasteiger partial charge in [0.05, 0.1) is 23.6 Å². The molecule has 1 aromatic carbocycles. The predicted molar refractivity (Wildman–Crippen MR) is 137 cm³/mol. The van der Waals surface area contributed by atoms with E-state index in [0.29, 0.717) is 11.6 Å². The highest BCUT2D eigenvalue weighted by atomic mass is 32.2. The standard InChI is InChI=1S/C27H36N4O3S/c1-6-25-19(3)13-15-26(34-25)20(4)16-18(2)12-14-23-21(5)24(23)17-35(32,33)27-28-29-30-31(27)22-10-8-7-9-11-22/h7-14,16,18,21,23-26H,6,15,17H2,1-5H3/b14-12+,20-16+/t18-,21-,23+,24+,25-,26-/m1/s1. The van der Waals surface area contributed by atoms with Crippen molar-refractivity contribution in [2.45, 2.75) is 64.8 Å². The van der Waals surface area contributed by atoms with Crippen LogP contribution in [0.2, 0.25) is 0 Å². The quantitative estimate of drug-likeness (QED) is 0.456. The van der Waals surface area contributed by atoms with Crippen molar-refractivity contribution >= 4 is 9.84 Å². The van der Waals surface area contributed by atoms with Crippen LogP contribution in [-0.2, 0) is 14.6 Å². The number of sulfone groups is 1. The van der Waals surface area contributed by atoms with Gasteiger partial charge in [0.1, 0.15) is 0 Å². The van der Waals surface area contributed by atoms with Gasteiger partial charge in [-0.15, -0.1) is 0 Å². The molecule has 188 valence electrons. The van der Waals surface area contributed by atoms with E-state index in [-0.39, 0.29) is 40.9 Å². The van der Waals surface area contributed by atoms with Crippen molar-refractivity contribution in [1.29, 1.82) is 0 Å². The van der Waals surface area contributed by atoms with E-state index in [1.54, 1.807) is 12.1 Å². The zero-order chi connectivity index (χ0) is 25.2. The van der Waals surface area contributed by atoms with Crippen molar-refractivity contribution in [2.75, 3.05) is 5.75 Å². The summed E-state index contributed by atoms with van der Waals surface area (Å²) in [6, 6.07) is 9.10. The van der Waals surface area contributed by atoms with Crippen molar-refractivity contribution < 1.29 is 13.2 Å². The second-order valence-electron chi connectivity index (χ2n) is 9.95. The number of rotatable bonds is 9. The zero-order valence-corrected chi connectivity index (χ0v) is 22.0. The lowest BCUT2D eigenvalue weighted by Gasteiger charge is -2.29. The minimum atomic E-state index is -3.62. The molecule has 0 saturated heterocycles. The molecule has 1 aliphatic heterocycles. The molecule has 8 heteroatoms. The maximum atomic E-state index is 13.1. The largest absolute Gasteiger partial charge is 0.366 e. The SMILES string of the molecule is CC[C@H]1O[C@@H](/C(C)=C/[C@H](C)/C=C/[C@H]2[C@@H](C)[C@@H]2CS(=O)(=O)c2nnnn2-c2ccccc2)CC=C1C. The Morgan fingerprint density at radius 2 is 2.03 bits per heavy atom. The van der Waals surface area contributed by atoms with E-state index in [4.69, 9.17) is 4.74 Å². The summed E-state index contributed by atoms with van der Waals surface area (Å²) in [7, 11) is -3.62. The maximum Gasteiger partial charge on any atom is 0.272 e. The second kappa shape index (κ2) is 10.6. The molecule has 0 unspecified atom stereocenters. The molecule has 0 radical (unpaired) electrons. The minimum Gasteiger partial charge on any atom is -0.366 e. The Kier molecular flexibility index (Phi) is 7.71. The van der Waals surface area contributed by atoms with Gasteiger partial charge in [-0.2, -0.15) is 4.68 Å². The summed E-state index contributed by atoms with van der Waals surface area (Å²) >= 11 is 0. The summed E-state index contributed by atoms with van der Waals surface area (Å²) in [6.07, 6.45) is 11.2. The molecule has 0 bridgehead atoms. The van der Waals surface area contributed by atoms with Crippen molar-refractivity contribution in [3.63, 3.8) is 0 Å². The molecule has 1 aliphatic carbocycles. The van der Waals surface area contributed by atoms with Crippen molar-refractivity contribution in [2.24, 2.45) is 23.7 Å². The highest BCUT2D eigenvalue weighted by molar-refractivity contribution is 7.91. The van der Waals surface area contributed by atoms with Crippen molar-refractivity contribution in [3.05, 3.63) is 65.8 Å². The van der Waals surface area contributed by atoms with E-state index >= 15 is 0 Å². The third-order valence-corrected chi connectivity index (χ3v) is 8.93. The molecule has 2 heterocycles. The van der Waals surface area contributed by atoms with Crippen LogP contribution in [0.15, 0.2) is 70.9 Å². The average Bonchev–Trinajstić information content (AvgIpc) is 3.22. The number of para-hydroxylation sites is 1. The normalized spacial score (nSPS) is 28.2. The summed E-state index contributed by atoms with van der Waals surface area (Å²) in [4.78, 5) is 0. The third-order valence-electron chi connectivity index (χ3n) is 7.30. The van der Waals surface area contributed by atoms with Crippen LogP contribution in [-0.4, -0.2) is 46.6 Å². The van der Waals surface area contributed by atoms with Crippen molar-refractivity contribution in [3.8, 4) is 5.69 Å². The first kappa shape index (κ1) is 25.5. The molecule has 4 rings (SSSR count). The minimum absolute atomic E-state index is 0.0413. The third kappa shape index (κ3) is 5.81. The highest BCUT2D eigenvalue weighted by Crippen LogP contribution is 2.48. The van der Waals surface area contributed by atoms with Crippen LogP contribution in [0, 0.1) is 23.7 Å². The van der Waals surface area contributed by atoms with Crippen LogP contribution < -0.4 is 0 Å². The number of tetrazole rings is 1. The molecule has 7 nitrogen and oxygen atoms in total. The van der Waals surface area contributed by atoms with Gasteiger partial charge in [0, 0.05) is 0 Å². The fourth-order valence-corrected chi connectivity index (χ4v) is 6.72. The zero-order valence-electron chi connectivity index (χ0n) is 21.2. The van der Waals surface area contributed by atoms with E-state index in [1.807, 2.05) is 18.2 Å². The lowest BCUT2D eigenvalue weighted by Crippen LogP contribution is -2.27. The van der Waals surface area contributed by atoms with E-state index < -0.39 is 9.84 Å². The molecule has 6 atom stereocenters. The number of ether oxygens (including phenoxy) is 1.